The van der Waals surface area contributed by atoms with E-state index in [0.29, 0.717) is 39.3 Å². The lowest BCUT2D eigenvalue weighted by molar-refractivity contribution is -0.132. The summed E-state index contributed by atoms with van der Waals surface area (Å²) < 4.78 is 25.2. The Labute approximate surface area is 273 Å². The average Bonchev–Trinajstić information content (AvgIpc) is 3.65. The molecule has 4 aromatic carbocycles. The molecule has 5 aromatic rings. The van der Waals surface area contributed by atoms with Crippen LogP contribution in [0.15, 0.2) is 107 Å². The fraction of sp³-hybridized carbons (Fsp3) is 0.143. The minimum atomic E-state index is -0.991. The lowest BCUT2D eigenvalue weighted by Gasteiger charge is -2.23. The van der Waals surface area contributed by atoms with Crippen LogP contribution in [0.4, 0.5) is 9.52 Å². The van der Waals surface area contributed by atoms with Crippen LogP contribution in [0.5, 0.6) is 11.5 Å². The van der Waals surface area contributed by atoms with Crippen molar-refractivity contribution >= 4 is 45.7 Å². The molecular weight excluding hydrogens is 626 g/mol. The van der Waals surface area contributed by atoms with Gasteiger partial charge >= 0.3 is 5.91 Å². The first kappa shape index (κ1) is 31.0. The van der Waals surface area contributed by atoms with Crippen molar-refractivity contribution in [3.63, 3.8) is 0 Å². The first-order chi connectivity index (χ1) is 22.3. The van der Waals surface area contributed by atoms with E-state index in [0.717, 1.165) is 28.0 Å². The summed E-state index contributed by atoms with van der Waals surface area (Å²) in [6.07, 6.45) is 0. The maximum Gasteiger partial charge on any atom is 0.301 e. The standard InChI is InChI=1S/C35H28FN3O5S2/c1-21-6-3-4-7-25(21)19-44-27-16-12-23(13-17-27)31(40)29-30(24-8-5-9-28(18-24)43-2)39(33(42)32(29)41)34-37-38-35(46-34)45-20-22-10-14-26(36)15-11-22/h3-18,30,40H,19-20H2,1-2H3/b31-29+. The Balaban J connectivity index is 1.31. The third-order valence-corrected chi connectivity index (χ3v) is 9.64. The maximum atomic E-state index is 13.6. The second-order valence-electron chi connectivity index (χ2n) is 10.5. The topological polar surface area (TPSA) is 102 Å². The Morgan fingerprint density at radius 3 is 2.46 bits per heavy atom. The highest BCUT2D eigenvalue weighted by Gasteiger charge is 2.48. The molecule has 1 fully saturated rings. The van der Waals surface area contributed by atoms with Crippen LogP contribution in [0, 0.1) is 12.7 Å². The summed E-state index contributed by atoms with van der Waals surface area (Å²) in [7, 11) is 1.52. The van der Waals surface area contributed by atoms with E-state index in [4.69, 9.17) is 9.47 Å². The minimum Gasteiger partial charge on any atom is -0.507 e. The predicted molar refractivity (Wildman–Crippen MR) is 176 cm³/mol. The van der Waals surface area contributed by atoms with Gasteiger partial charge < -0.3 is 14.6 Å². The van der Waals surface area contributed by atoms with Gasteiger partial charge in [-0.05, 0) is 77.7 Å². The summed E-state index contributed by atoms with van der Waals surface area (Å²) in [5.41, 5.74) is 3.89. The highest BCUT2D eigenvalue weighted by Crippen LogP contribution is 2.44. The molecule has 1 N–H and O–H groups in total. The normalized spacial score (nSPS) is 15.7. The van der Waals surface area contributed by atoms with E-state index in [-0.39, 0.29) is 22.3 Å². The van der Waals surface area contributed by atoms with Gasteiger partial charge in [0.25, 0.3) is 5.78 Å². The van der Waals surface area contributed by atoms with Crippen molar-refractivity contribution in [2.24, 2.45) is 0 Å². The number of carbonyl (C=O) groups excluding carboxylic acids is 2. The molecule has 232 valence electrons. The van der Waals surface area contributed by atoms with Gasteiger partial charge in [0.1, 0.15) is 29.7 Å². The van der Waals surface area contributed by atoms with E-state index >= 15 is 0 Å². The number of amides is 1. The van der Waals surface area contributed by atoms with Crippen molar-refractivity contribution in [3.05, 3.63) is 136 Å². The Hall–Kier alpha value is -5.00. The molecule has 0 spiro atoms. The number of ether oxygens (including phenoxy) is 2. The molecule has 1 saturated heterocycles. The number of nitrogens with zero attached hydrogens (tertiary/aromatic N) is 3. The molecule has 8 nitrogen and oxygen atoms in total. The highest BCUT2D eigenvalue weighted by molar-refractivity contribution is 8.00. The molecule has 0 saturated carbocycles. The zero-order valence-electron chi connectivity index (χ0n) is 24.8. The largest absolute Gasteiger partial charge is 0.507 e. The van der Waals surface area contributed by atoms with E-state index < -0.39 is 17.7 Å². The number of aliphatic hydroxyl groups excluding tert-OH is 1. The van der Waals surface area contributed by atoms with Gasteiger partial charge in [0.2, 0.25) is 5.13 Å². The number of aromatic nitrogens is 2. The van der Waals surface area contributed by atoms with Gasteiger partial charge in [-0.3, -0.25) is 14.5 Å². The third-order valence-electron chi connectivity index (χ3n) is 7.51. The average molecular weight is 654 g/mol. The number of methoxy groups -OCH3 is 1. The van der Waals surface area contributed by atoms with Crippen molar-refractivity contribution in [1.29, 1.82) is 0 Å². The number of hydrogen-bond acceptors (Lipinski definition) is 9. The van der Waals surface area contributed by atoms with Gasteiger partial charge in [0, 0.05) is 11.3 Å². The van der Waals surface area contributed by atoms with E-state index in [1.54, 1.807) is 60.7 Å². The van der Waals surface area contributed by atoms with Crippen molar-refractivity contribution < 1.29 is 28.6 Å². The van der Waals surface area contributed by atoms with Crippen LogP contribution in [-0.4, -0.2) is 34.1 Å². The van der Waals surface area contributed by atoms with Gasteiger partial charge in [-0.1, -0.05) is 71.6 Å². The number of ketones is 1. The molecule has 46 heavy (non-hydrogen) atoms. The zero-order valence-corrected chi connectivity index (χ0v) is 26.5. The summed E-state index contributed by atoms with van der Waals surface area (Å²) in [5.74, 6) is -0.704. The summed E-state index contributed by atoms with van der Waals surface area (Å²) >= 11 is 2.53. The van der Waals surface area contributed by atoms with Crippen molar-refractivity contribution in [3.8, 4) is 11.5 Å². The molecule has 1 atom stereocenters. The fourth-order valence-corrected chi connectivity index (χ4v) is 6.86. The SMILES string of the molecule is COc1cccc(C2/C(=C(\O)c3ccc(OCc4ccccc4C)cc3)C(=O)C(=O)N2c2nnc(SCc3ccc(F)cc3)s2)c1. The Morgan fingerprint density at radius 1 is 0.957 bits per heavy atom. The quantitative estimate of drug-likeness (QED) is 0.0544. The van der Waals surface area contributed by atoms with Gasteiger partial charge in [0.15, 0.2) is 4.34 Å². The molecule has 1 aromatic heterocycles. The summed E-state index contributed by atoms with van der Waals surface area (Å²) in [6, 6.07) is 26.8. The number of aliphatic hydroxyl groups is 1. The molecule has 1 unspecified atom stereocenters. The van der Waals surface area contributed by atoms with Gasteiger partial charge in [-0.2, -0.15) is 0 Å². The van der Waals surface area contributed by atoms with Gasteiger partial charge in [0.05, 0.1) is 18.7 Å². The van der Waals surface area contributed by atoms with Gasteiger partial charge in [-0.25, -0.2) is 4.39 Å². The smallest absolute Gasteiger partial charge is 0.301 e. The van der Waals surface area contributed by atoms with Crippen LogP contribution in [0.3, 0.4) is 0 Å². The molecule has 0 radical (unpaired) electrons. The van der Waals surface area contributed by atoms with Crippen LogP contribution in [-0.2, 0) is 21.9 Å². The number of anilines is 1. The van der Waals surface area contributed by atoms with Crippen molar-refractivity contribution in [2.75, 3.05) is 12.0 Å². The van der Waals surface area contributed by atoms with Crippen LogP contribution >= 0.6 is 23.1 Å². The first-order valence-electron chi connectivity index (χ1n) is 14.3. The molecule has 1 aliphatic rings. The van der Waals surface area contributed by atoms with Crippen LogP contribution in [0.2, 0.25) is 0 Å². The number of Topliss-reactive ketones (excluding diaryl/α,β-unsaturated/α-hetero) is 1. The number of hydrogen-bond donors (Lipinski definition) is 1. The Kier molecular flexibility index (Phi) is 9.13. The van der Waals surface area contributed by atoms with Crippen molar-refractivity contribution in [1.82, 2.24) is 10.2 Å². The number of rotatable bonds is 10. The van der Waals surface area contributed by atoms with E-state index in [1.807, 2.05) is 31.2 Å². The fourth-order valence-electron chi connectivity index (χ4n) is 5.04. The summed E-state index contributed by atoms with van der Waals surface area (Å²) in [4.78, 5) is 28.5. The molecule has 2 heterocycles. The van der Waals surface area contributed by atoms with Crippen molar-refractivity contribution in [2.45, 2.75) is 29.7 Å². The second-order valence-corrected chi connectivity index (χ2v) is 12.6. The third kappa shape index (κ3) is 6.51. The molecule has 1 amide bonds. The molecule has 0 bridgehead atoms. The lowest BCUT2D eigenvalue weighted by Crippen LogP contribution is -2.29. The molecule has 6 rings (SSSR count). The zero-order chi connectivity index (χ0) is 32.2. The number of carbonyl (C=O) groups is 2. The molecule has 0 aliphatic carbocycles. The van der Waals surface area contributed by atoms with E-state index in [9.17, 15) is 19.1 Å². The molecule has 11 heteroatoms. The number of thioether (sulfide) groups is 1. The monoisotopic (exact) mass is 653 g/mol. The molecule has 1 aliphatic heterocycles. The molecular formula is C35H28FN3O5S2. The second kappa shape index (κ2) is 13.6. The minimum absolute atomic E-state index is 0.0810. The van der Waals surface area contributed by atoms with Crippen LogP contribution < -0.4 is 14.4 Å². The number of halogens is 1. The Bertz CT molecular complexity index is 1930. The summed E-state index contributed by atoms with van der Waals surface area (Å²) in [5, 5.41) is 20.2. The van der Waals surface area contributed by atoms with Crippen LogP contribution in [0.25, 0.3) is 5.76 Å². The first-order valence-corrected chi connectivity index (χ1v) is 16.1. The van der Waals surface area contributed by atoms with E-state index in [2.05, 4.69) is 10.2 Å². The number of benzene rings is 4. The maximum absolute atomic E-state index is 13.6. The predicted octanol–water partition coefficient (Wildman–Crippen LogP) is 7.49. The lowest BCUT2D eigenvalue weighted by atomic mass is 9.95. The van der Waals surface area contributed by atoms with Gasteiger partial charge in [-0.15, -0.1) is 10.2 Å². The van der Waals surface area contributed by atoms with Crippen LogP contribution in [0.1, 0.15) is 33.9 Å². The number of aryl methyl sites for hydroxylation is 1. The Morgan fingerprint density at radius 2 is 1.72 bits per heavy atom. The summed E-state index contributed by atoms with van der Waals surface area (Å²) in [6.45, 7) is 2.40. The van der Waals surface area contributed by atoms with E-state index in [1.165, 1.54) is 35.9 Å². The highest BCUT2D eigenvalue weighted by atomic mass is 32.2.